The summed E-state index contributed by atoms with van der Waals surface area (Å²) in [7, 11) is 1.73. The highest BCUT2D eigenvalue weighted by Crippen LogP contribution is 2.28. The van der Waals surface area contributed by atoms with E-state index in [9.17, 15) is 0 Å². The van der Waals surface area contributed by atoms with Gasteiger partial charge in [-0.25, -0.2) is 0 Å². The van der Waals surface area contributed by atoms with Gasteiger partial charge in [-0.2, -0.15) is 0 Å². The fourth-order valence-corrected chi connectivity index (χ4v) is 1.81. The number of alkyl halides is 2. The van der Waals surface area contributed by atoms with Crippen molar-refractivity contribution in [2.45, 2.75) is 36.1 Å². The molecule has 1 saturated carbocycles. The van der Waals surface area contributed by atoms with Crippen LogP contribution in [-0.2, 0) is 4.74 Å². The van der Waals surface area contributed by atoms with E-state index in [1.165, 1.54) is 0 Å². The predicted molar refractivity (Wildman–Crippen MR) is 43.9 cm³/mol. The molecule has 1 rings (SSSR count). The van der Waals surface area contributed by atoms with Gasteiger partial charge >= 0.3 is 0 Å². The summed E-state index contributed by atoms with van der Waals surface area (Å²) in [6, 6.07) is 0. The smallest absolute Gasteiger partial charge is 0.0586 e. The first kappa shape index (κ1) is 8.63. The number of hydrogen-bond donors (Lipinski definition) is 0. The van der Waals surface area contributed by atoms with Crippen LogP contribution in [-0.4, -0.2) is 24.0 Å². The van der Waals surface area contributed by atoms with Gasteiger partial charge in [0, 0.05) is 7.11 Å². The highest BCUT2D eigenvalue weighted by molar-refractivity contribution is 6.30. The van der Waals surface area contributed by atoms with Crippen molar-refractivity contribution >= 4 is 23.2 Å². The van der Waals surface area contributed by atoms with E-state index in [-0.39, 0.29) is 10.8 Å². The number of hydrogen-bond acceptors (Lipinski definition) is 1. The van der Waals surface area contributed by atoms with Crippen molar-refractivity contribution in [1.29, 1.82) is 0 Å². The average molecular weight is 183 g/mol. The van der Waals surface area contributed by atoms with Crippen molar-refractivity contribution in [3.05, 3.63) is 0 Å². The molecule has 3 unspecified atom stereocenters. The largest absolute Gasteiger partial charge is 0.381 e. The Kier molecular flexibility index (Phi) is 3.28. The molecular formula is C7H12Cl2O. The van der Waals surface area contributed by atoms with Crippen LogP contribution < -0.4 is 0 Å². The maximum atomic E-state index is 5.93. The maximum absolute atomic E-state index is 5.93. The lowest BCUT2D eigenvalue weighted by atomic mass is 9.97. The average Bonchev–Trinajstić information content (AvgIpc) is 1.95. The van der Waals surface area contributed by atoms with Crippen molar-refractivity contribution in [3.63, 3.8) is 0 Å². The van der Waals surface area contributed by atoms with Crippen LogP contribution in [0.5, 0.6) is 0 Å². The molecule has 3 atom stereocenters. The van der Waals surface area contributed by atoms with Gasteiger partial charge in [-0.3, -0.25) is 0 Å². The molecule has 0 saturated heterocycles. The summed E-state index contributed by atoms with van der Waals surface area (Å²) in [5.41, 5.74) is 0. The molecule has 0 radical (unpaired) electrons. The van der Waals surface area contributed by atoms with Gasteiger partial charge in [0.15, 0.2) is 0 Å². The first-order chi connectivity index (χ1) is 4.74. The molecule has 3 heteroatoms. The summed E-state index contributed by atoms with van der Waals surface area (Å²) in [6.45, 7) is 0. The summed E-state index contributed by atoms with van der Waals surface area (Å²) in [5, 5.41) is 0.244. The molecular weight excluding hydrogens is 171 g/mol. The number of ether oxygens (including phenoxy) is 1. The zero-order valence-corrected chi connectivity index (χ0v) is 7.53. The lowest BCUT2D eigenvalue weighted by Crippen LogP contribution is -2.29. The van der Waals surface area contributed by atoms with E-state index in [0.717, 1.165) is 19.3 Å². The van der Waals surface area contributed by atoms with Gasteiger partial charge in [-0.15, -0.1) is 23.2 Å². The molecule has 1 aliphatic carbocycles. The van der Waals surface area contributed by atoms with Crippen molar-refractivity contribution in [1.82, 2.24) is 0 Å². The van der Waals surface area contributed by atoms with Crippen LogP contribution in [0, 0.1) is 0 Å². The number of halogens is 2. The Bertz CT molecular complexity index is 108. The van der Waals surface area contributed by atoms with E-state index in [1.807, 2.05) is 0 Å². The summed E-state index contributed by atoms with van der Waals surface area (Å²) in [5.74, 6) is 0. The molecule has 1 fully saturated rings. The minimum absolute atomic E-state index is 0.0976. The van der Waals surface area contributed by atoms with E-state index in [4.69, 9.17) is 27.9 Å². The van der Waals surface area contributed by atoms with Gasteiger partial charge in [0.2, 0.25) is 0 Å². The molecule has 0 spiro atoms. The molecule has 0 aromatic carbocycles. The third kappa shape index (κ3) is 2.01. The van der Waals surface area contributed by atoms with Crippen molar-refractivity contribution < 1.29 is 4.74 Å². The van der Waals surface area contributed by atoms with Gasteiger partial charge in [0.05, 0.1) is 16.9 Å². The summed E-state index contributed by atoms with van der Waals surface area (Å²) < 4.78 is 5.17. The van der Waals surface area contributed by atoms with E-state index in [2.05, 4.69) is 0 Å². The summed E-state index contributed by atoms with van der Waals surface area (Å²) in [6.07, 6.45) is 3.26. The third-order valence-corrected chi connectivity index (χ3v) is 3.11. The van der Waals surface area contributed by atoms with Crippen LogP contribution in [0.4, 0.5) is 0 Å². The van der Waals surface area contributed by atoms with Gasteiger partial charge < -0.3 is 4.74 Å². The Morgan fingerprint density at radius 3 is 2.40 bits per heavy atom. The molecule has 10 heavy (non-hydrogen) atoms. The van der Waals surface area contributed by atoms with Crippen molar-refractivity contribution in [3.8, 4) is 0 Å². The quantitative estimate of drug-likeness (QED) is 0.567. The Morgan fingerprint density at radius 2 is 1.90 bits per heavy atom. The molecule has 1 nitrogen and oxygen atoms in total. The Morgan fingerprint density at radius 1 is 1.20 bits per heavy atom. The molecule has 60 valence electrons. The monoisotopic (exact) mass is 182 g/mol. The molecule has 0 aliphatic heterocycles. The van der Waals surface area contributed by atoms with Crippen LogP contribution in [0.15, 0.2) is 0 Å². The van der Waals surface area contributed by atoms with Crippen LogP contribution in [0.3, 0.4) is 0 Å². The third-order valence-electron chi connectivity index (χ3n) is 1.98. The van der Waals surface area contributed by atoms with Gasteiger partial charge in [-0.1, -0.05) is 0 Å². The molecule has 1 aliphatic rings. The summed E-state index contributed by atoms with van der Waals surface area (Å²) in [4.78, 5) is 0. The SMILES string of the molecule is COC1CCC(Cl)C(Cl)C1. The fraction of sp³-hybridized carbons (Fsp3) is 1.00. The van der Waals surface area contributed by atoms with Gasteiger partial charge in [0.25, 0.3) is 0 Å². The first-order valence-corrected chi connectivity index (χ1v) is 4.42. The second-order valence-corrected chi connectivity index (χ2v) is 3.82. The number of methoxy groups -OCH3 is 1. The zero-order chi connectivity index (χ0) is 7.56. The Balaban J connectivity index is 2.33. The highest BCUT2D eigenvalue weighted by Gasteiger charge is 2.27. The standard InChI is InChI=1S/C7H12Cl2O/c1-10-5-2-3-6(8)7(9)4-5/h5-7H,2-4H2,1H3. The summed E-state index contributed by atoms with van der Waals surface area (Å²) >= 11 is 11.8. The molecule has 0 amide bonds. The van der Waals surface area contributed by atoms with Gasteiger partial charge in [-0.05, 0) is 19.3 Å². The van der Waals surface area contributed by atoms with Crippen LogP contribution in [0.2, 0.25) is 0 Å². The zero-order valence-electron chi connectivity index (χ0n) is 6.02. The molecule has 0 N–H and O–H groups in total. The normalized spacial score (nSPS) is 41.7. The molecule has 0 aromatic rings. The van der Waals surface area contributed by atoms with E-state index in [1.54, 1.807) is 7.11 Å². The lowest BCUT2D eigenvalue weighted by molar-refractivity contribution is 0.0732. The van der Waals surface area contributed by atoms with Crippen molar-refractivity contribution in [2.75, 3.05) is 7.11 Å². The van der Waals surface area contributed by atoms with Gasteiger partial charge in [0.1, 0.15) is 0 Å². The second kappa shape index (κ2) is 3.80. The highest BCUT2D eigenvalue weighted by atomic mass is 35.5. The van der Waals surface area contributed by atoms with E-state index < -0.39 is 0 Å². The van der Waals surface area contributed by atoms with Crippen LogP contribution in [0.25, 0.3) is 0 Å². The predicted octanol–water partition coefficient (Wildman–Crippen LogP) is 2.40. The first-order valence-electron chi connectivity index (χ1n) is 3.55. The molecule has 0 heterocycles. The van der Waals surface area contributed by atoms with Crippen molar-refractivity contribution in [2.24, 2.45) is 0 Å². The molecule has 0 aromatic heterocycles. The van der Waals surface area contributed by atoms with E-state index in [0.29, 0.717) is 6.10 Å². The number of rotatable bonds is 1. The maximum Gasteiger partial charge on any atom is 0.0586 e. The van der Waals surface area contributed by atoms with Crippen LogP contribution in [0.1, 0.15) is 19.3 Å². The lowest BCUT2D eigenvalue weighted by Gasteiger charge is -2.27. The Labute approximate surface area is 71.6 Å². The van der Waals surface area contributed by atoms with E-state index >= 15 is 0 Å². The minimum Gasteiger partial charge on any atom is -0.381 e. The fourth-order valence-electron chi connectivity index (χ4n) is 1.26. The van der Waals surface area contributed by atoms with Crippen LogP contribution >= 0.6 is 23.2 Å². The molecule has 0 bridgehead atoms. The topological polar surface area (TPSA) is 9.23 Å². The second-order valence-electron chi connectivity index (χ2n) is 2.70. The minimum atomic E-state index is 0.0976. The Hall–Kier alpha value is 0.540.